The van der Waals surface area contributed by atoms with Gasteiger partial charge in [-0.05, 0) is 12.3 Å². The zero-order chi connectivity index (χ0) is 9.26. The van der Waals surface area contributed by atoms with Crippen LogP contribution in [-0.2, 0) is 9.53 Å². The molecule has 2 saturated heterocycles. The van der Waals surface area contributed by atoms with E-state index in [-0.39, 0.29) is 11.8 Å². The smallest absolute Gasteiger partial charge is 0.237 e. The molecule has 3 nitrogen and oxygen atoms in total. The molecule has 0 aromatic rings. The summed E-state index contributed by atoms with van der Waals surface area (Å²) in [5.41, 5.74) is 0. The van der Waals surface area contributed by atoms with Crippen molar-refractivity contribution in [3.8, 4) is 0 Å². The normalized spacial score (nSPS) is 33.2. The Morgan fingerprint density at radius 3 is 3.00 bits per heavy atom. The molecular weight excluding hydrogens is 190 g/mol. The Morgan fingerprint density at radius 2 is 2.23 bits per heavy atom. The van der Waals surface area contributed by atoms with Crippen LogP contribution in [0.25, 0.3) is 0 Å². The third-order valence-electron chi connectivity index (χ3n) is 3.02. The van der Waals surface area contributed by atoms with Gasteiger partial charge in [0, 0.05) is 25.6 Å². The van der Waals surface area contributed by atoms with Crippen LogP contribution in [0.1, 0.15) is 6.42 Å². The van der Waals surface area contributed by atoms with Crippen LogP contribution in [0.4, 0.5) is 0 Å². The molecule has 0 saturated carbocycles. The number of halogens is 1. The van der Waals surface area contributed by atoms with Crippen LogP contribution < -0.4 is 0 Å². The van der Waals surface area contributed by atoms with Crippen molar-refractivity contribution in [2.24, 2.45) is 11.8 Å². The van der Waals surface area contributed by atoms with Gasteiger partial charge in [-0.15, -0.1) is 11.6 Å². The molecule has 2 fully saturated rings. The first kappa shape index (κ1) is 9.28. The molecule has 2 atom stereocenters. The number of nitrogens with zero attached hydrogens (tertiary/aromatic N) is 1. The number of rotatable bonds is 1. The Kier molecular flexibility index (Phi) is 2.74. The van der Waals surface area contributed by atoms with E-state index >= 15 is 0 Å². The van der Waals surface area contributed by atoms with Crippen molar-refractivity contribution in [2.45, 2.75) is 6.42 Å². The van der Waals surface area contributed by atoms with Crippen molar-refractivity contribution < 1.29 is 9.53 Å². The quantitative estimate of drug-likeness (QED) is 0.588. The van der Waals surface area contributed by atoms with E-state index in [0.717, 1.165) is 32.7 Å². The highest BCUT2D eigenvalue weighted by Gasteiger charge is 2.34. The predicted octanol–water partition coefficient (Wildman–Crippen LogP) is 0.720. The van der Waals surface area contributed by atoms with Crippen molar-refractivity contribution in [3.63, 3.8) is 0 Å². The van der Waals surface area contributed by atoms with Gasteiger partial charge in [0.25, 0.3) is 0 Å². The van der Waals surface area contributed by atoms with Crippen molar-refractivity contribution in [1.29, 1.82) is 0 Å². The van der Waals surface area contributed by atoms with Gasteiger partial charge in [-0.3, -0.25) is 4.79 Å². The summed E-state index contributed by atoms with van der Waals surface area (Å²) in [5.74, 6) is 1.41. The predicted molar refractivity (Wildman–Crippen MR) is 49.7 cm³/mol. The van der Waals surface area contributed by atoms with Crippen LogP contribution in [-0.4, -0.2) is 43.0 Å². The average molecular weight is 204 g/mol. The van der Waals surface area contributed by atoms with Crippen molar-refractivity contribution in [2.75, 3.05) is 32.2 Å². The lowest BCUT2D eigenvalue weighted by Crippen LogP contribution is -2.43. The lowest BCUT2D eigenvalue weighted by atomic mass is 9.89. The summed E-state index contributed by atoms with van der Waals surface area (Å²) in [6.45, 7) is 3.40. The largest absolute Gasteiger partial charge is 0.381 e. The molecule has 0 N–H and O–H groups in total. The van der Waals surface area contributed by atoms with Crippen LogP contribution in [0.5, 0.6) is 0 Å². The van der Waals surface area contributed by atoms with E-state index in [0.29, 0.717) is 11.8 Å². The third kappa shape index (κ3) is 1.81. The monoisotopic (exact) mass is 203 g/mol. The number of likely N-dealkylation sites (tertiary alicyclic amines) is 1. The number of carbonyl (C=O) groups is 1. The Morgan fingerprint density at radius 1 is 1.46 bits per heavy atom. The molecule has 74 valence electrons. The number of amides is 1. The van der Waals surface area contributed by atoms with Crippen LogP contribution in [0, 0.1) is 11.8 Å². The molecule has 2 heterocycles. The molecule has 4 heteroatoms. The van der Waals surface area contributed by atoms with E-state index in [9.17, 15) is 4.79 Å². The molecule has 1 amide bonds. The zero-order valence-electron chi connectivity index (χ0n) is 7.54. The highest BCUT2D eigenvalue weighted by molar-refractivity contribution is 6.27. The first-order chi connectivity index (χ1) is 6.31. The van der Waals surface area contributed by atoms with Crippen molar-refractivity contribution in [1.82, 2.24) is 4.90 Å². The van der Waals surface area contributed by atoms with E-state index < -0.39 is 0 Å². The molecule has 13 heavy (non-hydrogen) atoms. The molecule has 0 aliphatic carbocycles. The van der Waals surface area contributed by atoms with Gasteiger partial charge in [0.2, 0.25) is 5.91 Å². The highest BCUT2D eigenvalue weighted by Crippen LogP contribution is 2.29. The summed E-state index contributed by atoms with van der Waals surface area (Å²) < 4.78 is 5.38. The number of fused-ring (bicyclic) bond motifs is 1. The van der Waals surface area contributed by atoms with E-state index in [2.05, 4.69) is 0 Å². The minimum absolute atomic E-state index is 0.0621. The molecule has 2 rings (SSSR count). The number of hydrogen-bond donors (Lipinski definition) is 0. The standard InChI is InChI=1S/C9H14ClNO2/c10-3-9(12)11-2-1-7-5-13-6-8(7)4-11/h7-8H,1-6H2/t7-,8+/m0/s1. The molecule has 0 spiro atoms. The second kappa shape index (κ2) is 3.84. The van der Waals surface area contributed by atoms with Gasteiger partial charge in [0.15, 0.2) is 0 Å². The van der Waals surface area contributed by atoms with Gasteiger partial charge in [-0.2, -0.15) is 0 Å². The van der Waals surface area contributed by atoms with E-state index in [1.54, 1.807) is 0 Å². The molecule has 0 aromatic heterocycles. The van der Waals surface area contributed by atoms with Crippen LogP contribution >= 0.6 is 11.6 Å². The molecule has 0 radical (unpaired) electrons. The Balaban J connectivity index is 1.93. The first-order valence-electron chi connectivity index (χ1n) is 4.72. The minimum Gasteiger partial charge on any atom is -0.381 e. The van der Waals surface area contributed by atoms with Crippen molar-refractivity contribution in [3.05, 3.63) is 0 Å². The van der Waals surface area contributed by atoms with Gasteiger partial charge in [-0.25, -0.2) is 0 Å². The maximum Gasteiger partial charge on any atom is 0.237 e. The van der Waals surface area contributed by atoms with Crippen LogP contribution in [0.15, 0.2) is 0 Å². The number of carbonyl (C=O) groups excluding carboxylic acids is 1. The van der Waals surface area contributed by atoms with Gasteiger partial charge < -0.3 is 9.64 Å². The second-order valence-corrected chi connectivity index (χ2v) is 4.09. The fraction of sp³-hybridized carbons (Fsp3) is 0.889. The van der Waals surface area contributed by atoms with E-state index in [1.165, 1.54) is 0 Å². The molecule has 2 aliphatic rings. The van der Waals surface area contributed by atoms with Crippen LogP contribution in [0.2, 0.25) is 0 Å². The summed E-state index contributed by atoms with van der Waals surface area (Å²) in [5, 5.41) is 0. The Bertz CT molecular complexity index is 210. The lowest BCUT2D eigenvalue weighted by molar-refractivity contribution is -0.130. The maximum absolute atomic E-state index is 11.3. The summed E-state index contributed by atoms with van der Waals surface area (Å²) >= 11 is 5.51. The van der Waals surface area contributed by atoms with Crippen molar-refractivity contribution >= 4 is 17.5 Å². The summed E-state index contributed by atoms with van der Waals surface area (Å²) in [4.78, 5) is 13.2. The third-order valence-corrected chi connectivity index (χ3v) is 3.25. The highest BCUT2D eigenvalue weighted by atomic mass is 35.5. The second-order valence-electron chi connectivity index (χ2n) is 3.82. The SMILES string of the molecule is O=C(CCl)N1CC[C@H]2COC[C@H]2C1. The van der Waals surface area contributed by atoms with Crippen LogP contribution in [0.3, 0.4) is 0 Å². The Hall–Kier alpha value is -0.280. The molecule has 0 aromatic carbocycles. The van der Waals surface area contributed by atoms with Gasteiger partial charge in [0.1, 0.15) is 5.88 Å². The Labute approximate surface area is 83.0 Å². The molecule has 0 unspecified atom stereocenters. The van der Waals surface area contributed by atoms with Gasteiger partial charge in [-0.1, -0.05) is 0 Å². The topological polar surface area (TPSA) is 29.5 Å². The zero-order valence-corrected chi connectivity index (χ0v) is 8.29. The lowest BCUT2D eigenvalue weighted by Gasteiger charge is -2.33. The number of hydrogen-bond acceptors (Lipinski definition) is 2. The number of ether oxygens (including phenoxy) is 1. The number of piperidine rings is 1. The fourth-order valence-corrected chi connectivity index (χ4v) is 2.34. The summed E-state index contributed by atoms with van der Waals surface area (Å²) in [6, 6.07) is 0. The minimum atomic E-state index is 0.0621. The molecule has 0 bridgehead atoms. The van der Waals surface area contributed by atoms with Gasteiger partial charge in [0.05, 0.1) is 6.61 Å². The average Bonchev–Trinajstić information content (AvgIpc) is 2.63. The summed E-state index contributed by atoms with van der Waals surface area (Å²) in [6.07, 6.45) is 1.08. The number of alkyl halides is 1. The first-order valence-corrected chi connectivity index (χ1v) is 5.26. The molecule has 2 aliphatic heterocycles. The fourth-order valence-electron chi connectivity index (χ4n) is 2.17. The summed E-state index contributed by atoms with van der Waals surface area (Å²) in [7, 11) is 0. The molecular formula is C9H14ClNO2. The van der Waals surface area contributed by atoms with Gasteiger partial charge >= 0.3 is 0 Å². The van der Waals surface area contributed by atoms with E-state index in [1.807, 2.05) is 4.90 Å². The van der Waals surface area contributed by atoms with E-state index in [4.69, 9.17) is 16.3 Å². The maximum atomic E-state index is 11.3.